The Balaban J connectivity index is 2.94. The molecule has 1 rings (SSSR count). The zero-order valence-corrected chi connectivity index (χ0v) is 9.84. The maximum absolute atomic E-state index is 11.7. The summed E-state index contributed by atoms with van der Waals surface area (Å²) in [5, 5.41) is 8.73. The molecule has 0 saturated heterocycles. The van der Waals surface area contributed by atoms with Gasteiger partial charge in [0.05, 0.1) is 5.51 Å². The highest BCUT2D eigenvalue weighted by molar-refractivity contribution is 7.91. The van der Waals surface area contributed by atoms with Crippen molar-refractivity contribution in [2.24, 2.45) is 0 Å². The number of aromatic nitrogens is 1. The fourth-order valence-electron chi connectivity index (χ4n) is 0.929. The zero-order valence-electron chi connectivity index (χ0n) is 8.21. The standard InChI is InChI=1S/C8H10N2O4S2/c1-2-3-4-10-16(13,14)8-6(7(11)12)9-5-15-8/h2,5,10H,1,3-4H2,(H,11,12). The molecule has 0 radical (unpaired) electrons. The van der Waals surface area contributed by atoms with Crippen LogP contribution in [0, 0.1) is 0 Å². The Labute approximate surface area is 96.7 Å². The van der Waals surface area contributed by atoms with Gasteiger partial charge in [-0.05, 0) is 6.42 Å². The van der Waals surface area contributed by atoms with Crippen molar-refractivity contribution in [2.75, 3.05) is 6.54 Å². The summed E-state index contributed by atoms with van der Waals surface area (Å²) in [6.07, 6.45) is 2.04. The Morgan fingerprint density at radius 3 is 2.94 bits per heavy atom. The van der Waals surface area contributed by atoms with E-state index >= 15 is 0 Å². The van der Waals surface area contributed by atoms with Gasteiger partial charge in [0, 0.05) is 6.54 Å². The summed E-state index contributed by atoms with van der Waals surface area (Å²) in [4.78, 5) is 14.2. The summed E-state index contributed by atoms with van der Waals surface area (Å²) < 4.78 is 25.3. The number of carboxylic acid groups (broad SMARTS) is 1. The Hall–Kier alpha value is -1.25. The van der Waals surface area contributed by atoms with Gasteiger partial charge in [0.15, 0.2) is 9.90 Å². The molecule has 0 saturated carbocycles. The summed E-state index contributed by atoms with van der Waals surface area (Å²) in [6, 6.07) is 0. The Morgan fingerprint density at radius 2 is 2.38 bits per heavy atom. The minimum Gasteiger partial charge on any atom is -0.476 e. The Morgan fingerprint density at radius 1 is 1.69 bits per heavy atom. The van der Waals surface area contributed by atoms with E-state index in [1.54, 1.807) is 6.08 Å². The van der Waals surface area contributed by atoms with Crippen molar-refractivity contribution >= 4 is 27.3 Å². The molecule has 6 nitrogen and oxygen atoms in total. The SMILES string of the molecule is C=CCCNS(=O)(=O)c1scnc1C(=O)O. The van der Waals surface area contributed by atoms with Crippen molar-refractivity contribution in [2.45, 2.75) is 10.6 Å². The van der Waals surface area contributed by atoms with Gasteiger partial charge in [-0.15, -0.1) is 17.9 Å². The molecule has 8 heteroatoms. The van der Waals surface area contributed by atoms with E-state index < -0.39 is 21.7 Å². The van der Waals surface area contributed by atoms with Gasteiger partial charge in [0.1, 0.15) is 0 Å². The predicted octanol–water partition coefficient (Wildman–Crippen LogP) is 0.696. The summed E-state index contributed by atoms with van der Waals surface area (Å²) in [6.45, 7) is 3.63. The topological polar surface area (TPSA) is 96.4 Å². The van der Waals surface area contributed by atoms with Gasteiger partial charge in [-0.1, -0.05) is 6.08 Å². The molecule has 1 aromatic rings. The van der Waals surface area contributed by atoms with Crippen LogP contribution < -0.4 is 4.72 Å². The van der Waals surface area contributed by atoms with Crippen LogP contribution in [0.4, 0.5) is 0 Å². The van der Waals surface area contributed by atoms with Crippen LogP contribution >= 0.6 is 11.3 Å². The highest BCUT2D eigenvalue weighted by Crippen LogP contribution is 2.19. The molecule has 0 aliphatic rings. The molecule has 16 heavy (non-hydrogen) atoms. The van der Waals surface area contributed by atoms with E-state index in [0.29, 0.717) is 6.42 Å². The molecule has 0 spiro atoms. The van der Waals surface area contributed by atoms with Crippen LogP contribution in [0.1, 0.15) is 16.9 Å². The number of sulfonamides is 1. The minimum absolute atomic E-state index is 0.183. The molecule has 0 bridgehead atoms. The third-order valence-corrected chi connectivity index (χ3v) is 4.45. The number of carbonyl (C=O) groups is 1. The first kappa shape index (κ1) is 12.8. The van der Waals surface area contributed by atoms with Gasteiger partial charge in [-0.3, -0.25) is 0 Å². The Bertz CT molecular complexity index is 492. The summed E-state index contributed by atoms with van der Waals surface area (Å²) in [5.74, 6) is -1.36. The predicted molar refractivity (Wildman–Crippen MR) is 59.1 cm³/mol. The number of hydrogen-bond acceptors (Lipinski definition) is 5. The molecule has 0 aromatic carbocycles. The smallest absolute Gasteiger partial charge is 0.356 e. The molecule has 0 amide bonds. The van der Waals surface area contributed by atoms with E-state index in [1.807, 2.05) is 0 Å². The van der Waals surface area contributed by atoms with Crippen molar-refractivity contribution in [3.8, 4) is 0 Å². The average Bonchev–Trinajstić information content (AvgIpc) is 2.66. The van der Waals surface area contributed by atoms with E-state index in [0.717, 1.165) is 11.3 Å². The number of carboxylic acids is 1. The first-order chi connectivity index (χ1) is 7.49. The lowest BCUT2D eigenvalue weighted by molar-refractivity contribution is 0.0687. The second-order valence-electron chi connectivity index (χ2n) is 2.77. The quantitative estimate of drug-likeness (QED) is 0.581. The van der Waals surface area contributed by atoms with Crippen molar-refractivity contribution in [1.29, 1.82) is 0 Å². The number of nitrogens with one attached hydrogen (secondary N) is 1. The van der Waals surface area contributed by atoms with Crippen LogP contribution in [0.2, 0.25) is 0 Å². The maximum atomic E-state index is 11.7. The monoisotopic (exact) mass is 262 g/mol. The fraction of sp³-hybridized carbons (Fsp3) is 0.250. The first-order valence-electron chi connectivity index (χ1n) is 4.26. The third kappa shape index (κ3) is 2.87. The lowest BCUT2D eigenvalue weighted by Gasteiger charge is -2.03. The number of aromatic carboxylic acids is 1. The number of hydrogen-bond donors (Lipinski definition) is 2. The van der Waals surface area contributed by atoms with Gasteiger partial charge in [0.2, 0.25) is 0 Å². The van der Waals surface area contributed by atoms with Crippen molar-refractivity contribution < 1.29 is 18.3 Å². The molecule has 0 aliphatic carbocycles. The normalized spacial score (nSPS) is 11.2. The lowest BCUT2D eigenvalue weighted by atomic mass is 10.4. The largest absolute Gasteiger partial charge is 0.476 e. The average molecular weight is 262 g/mol. The van der Waals surface area contributed by atoms with Crippen LogP contribution in [0.25, 0.3) is 0 Å². The van der Waals surface area contributed by atoms with Crippen molar-refractivity contribution in [3.63, 3.8) is 0 Å². The van der Waals surface area contributed by atoms with Gasteiger partial charge >= 0.3 is 5.97 Å². The van der Waals surface area contributed by atoms with Crippen LogP contribution in [-0.4, -0.2) is 31.0 Å². The first-order valence-corrected chi connectivity index (χ1v) is 6.62. The van der Waals surface area contributed by atoms with Gasteiger partial charge in [-0.25, -0.2) is 22.9 Å². The molecular formula is C8H10N2O4S2. The summed E-state index contributed by atoms with van der Waals surface area (Å²) >= 11 is 0.775. The van der Waals surface area contributed by atoms with E-state index in [2.05, 4.69) is 16.3 Å². The molecule has 0 fully saturated rings. The van der Waals surface area contributed by atoms with Crippen molar-refractivity contribution in [1.82, 2.24) is 9.71 Å². The zero-order chi connectivity index (χ0) is 12.2. The maximum Gasteiger partial charge on any atom is 0.356 e. The number of nitrogens with zero attached hydrogens (tertiary/aromatic N) is 1. The molecular weight excluding hydrogens is 252 g/mol. The van der Waals surface area contributed by atoms with Crippen LogP contribution in [0.5, 0.6) is 0 Å². The fourth-order valence-corrected chi connectivity index (χ4v) is 3.16. The summed E-state index contributed by atoms with van der Waals surface area (Å²) in [5.41, 5.74) is 0.738. The molecule has 2 N–H and O–H groups in total. The third-order valence-electron chi connectivity index (χ3n) is 1.62. The molecule has 0 aliphatic heterocycles. The summed E-state index contributed by atoms with van der Waals surface area (Å²) in [7, 11) is -3.79. The molecule has 0 unspecified atom stereocenters. The van der Waals surface area contributed by atoms with Crippen molar-refractivity contribution in [3.05, 3.63) is 23.9 Å². The minimum atomic E-state index is -3.79. The lowest BCUT2D eigenvalue weighted by Crippen LogP contribution is -2.25. The van der Waals surface area contributed by atoms with E-state index in [4.69, 9.17) is 5.11 Å². The highest BCUT2D eigenvalue weighted by Gasteiger charge is 2.24. The van der Waals surface area contributed by atoms with Gasteiger partial charge in [-0.2, -0.15) is 0 Å². The highest BCUT2D eigenvalue weighted by atomic mass is 32.2. The van der Waals surface area contributed by atoms with Crippen LogP contribution in [0.3, 0.4) is 0 Å². The Kier molecular flexibility index (Phi) is 4.16. The number of thiazole rings is 1. The van der Waals surface area contributed by atoms with E-state index in [1.165, 1.54) is 5.51 Å². The van der Waals surface area contributed by atoms with E-state index in [9.17, 15) is 13.2 Å². The second-order valence-corrected chi connectivity index (χ2v) is 5.59. The number of rotatable bonds is 6. The second kappa shape index (κ2) is 5.19. The molecule has 1 aromatic heterocycles. The molecule has 0 atom stereocenters. The molecule has 1 heterocycles. The molecule has 88 valence electrons. The van der Waals surface area contributed by atoms with Gasteiger partial charge < -0.3 is 5.11 Å². The van der Waals surface area contributed by atoms with Gasteiger partial charge in [0.25, 0.3) is 10.0 Å². The van der Waals surface area contributed by atoms with E-state index in [-0.39, 0.29) is 10.8 Å². The van der Waals surface area contributed by atoms with Crippen LogP contribution in [-0.2, 0) is 10.0 Å². The van der Waals surface area contributed by atoms with Crippen LogP contribution in [0.15, 0.2) is 22.4 Å².